The molecule has 4 heteroatoms. The van der Waals surface area contributed by atoms with Gasteiger partial charge in [-0.15, -0.1) is 0 Å². The van der Waals surface area contributed by atoms with Crippen LogP contribution in [0, 0.1) is 0 Å². The third kappa shape index (κ3) is 3.12. The second-order valence-electron chi connectivity index (χ2n) is 0.872. The number of alkyl halides is 2. The van der Waals surface area contributed by atoms with Gasteiger partial charge in [0.1, 0.15) is 0 Å². The fraction of sp³-hybridized carbons (Fsp3) is 1.00. The zero-order valence-corrected chi connectivity index (χ0v) is 5.58. The molecule has 0 saturated carbocycles. The van der Waals surface area contributed by atoms with Gasteiger partial charge in [-0.25, -0.2) is 0 Å². The molecule has 0 aromatic carbocycles. The molecule has 44 valence electrons. The van der Waals surface area contributed by atoms with E-state index in [2.05, 4.69) is 9.47 Å². The van der Waals surface area contributed by atoms with Gasteiger partial charge < -0.3 is 9.47 Å². The van der Waals surface area contributed by atoms with Gasteiger partial charge in [-0.05, 0) is 23.2 Å². The van der Waals surface area contributed by atoms with Crippen LogP contribution in [-0.4, -0.2) is 18.9 Å². The van der Waals surface area contributed by atoms with Crippen LogP contribution in [0.15, 0.2) is 0 Å². The van der Waals surface area contributed by atoms with E-state index in [-0.39, 0.29) is 0 Å². The molecule has 0 bridgehead atoms. The van der Waals surface area contributed by atoms with E-state index in [1.54, 1.807) is 0 Å². The summed E-state index contributed by atoms with van der Waals surface area (Å²) in [5.74, 6) is 0. The van der Waals surface area contributed by atoms with Crippen molar-refractivity contribution >= 4 is 23.2 Å². The van der Waals surface area contributed by atoms with Crippen molar-refractivity contribution in [1.82, 2.24) is 0 Å². The summed E-state index contributed by atoms with van der Waals surface area (Å²) in [7, 11) is 2.70. The fourth-order valence-corrected chi connectivity index (χ4v) is 0.0833. The highest BCUT2D eigenvalue weighted by Gasteiger charge is 2.20. The average molecular weight is 145 g/mol. The average Bonchev–Trinajstić information content (AvgIpc) is 1.68. The molecule has 7 heavy (non-hydrogen) atoms. The minimum Gasteiger partial charge on any atom is -0.328 e. The zero-order valence-electron chi connectivity index (χ0n) is 4.07. The Morgan fingerprint density at radius 3 is 1.43 bits per heavy atom. The van der Waals surface area contributed by atoms with E-state index in [1.807, 2.05) is 0 Å². The maximum absolute atomic E-state index is 5.23. The fourth-order valence-electron chi connectivity index (χ4n) is 0.0833. The summed E-state index contributed by atoms with van der Waals surface area (Å²) in [6.07, 6.45) is 0. The Hall–Kier alpha value is 0.500. The minimum absolute atomic E-state index is 1.35. The van der Waals surface area contributed by atoms with E-state index in [0.717, 1.165) is 0 Å². The molecule has 0 aromatic rings. The number of halogens is 2. The Labute approximate surface area is 52.3 Å². The van der Waals surface area contributed by atoms with Crippen molar-refractivity contribution in [2.75, 3.05) is 14.2 Å². The van der Waals surface area contributed by atoms with Gasteiger partial charge >= 0.3 is 4.71 Å². The Morgan fingerprint density at radius 2 is 1.43 bits per heavy atom. The van der Waals surface area contributed by atoms with Crippen molar-refractivity contribution in [3.63, 3.8) is 0 Å². The lowest BCUT2D eigenvalue weighted by Crippen LogP contribution is -2.16. The molecular weight excluding hydrogens is 139 g/mol. The van der Waals surface area contributed by atoms with Crippen LogP contribution in [-0.2, 0) is 9.47 Å². The Balaban J connectivity index is 3.36. The third-order valence-electron chi connectivity index (χ3n) is 0.475. The number of rotatable bonds is 2. The van der Waals surface area contributed by atoms with E-state index in [1.165, 1.54) is 14.2 Å². The predicted molar refractivity (Wildman–Crippen MR) is 28.5 cm³/mol. The second kappa shape index (κ2) is 2.72. The molecule has 0 radical (unpaired) electrons. The SMILES string of the molecule is COC(Cl)(Cl)OC. The van der Waals surface area contributed by atoms with Gasteiger partial charge in [0.05, 0.1) is 0 Å². The lowest BCUT2D eigenvalue weighted by Gasteiger charge is -2.12. The summed E-state index contributed by atoms with van der Waals surface area (Å²) in [5.41, 5.74) is 0. The number of hydrogen-bond acceptors (Lipinski definition) is 2. The normalized spacial score (nSPS) is 12.0. The monoisotopic (exact) mass is 144 g/mol. The van der Waals surface area contributed by atoms with Crippen LogP contribution in [0.1, 0.15) is 0 Å². The van der Waals surface area contributed by atoms with Crippen molar-refractivity contribution in [3.05, 3.63) is 0 Å². The van der Waals surface area contributed by atoms with Crippen LogP contribution in [0.25, 0.3) is 0 Å². The molecule has 0 N–H and O–H groups in total. The Morgan fingerprint density at radius 1 is 1.14 bits per heavy atom. The van der Waals surface area contributed by atoms with E-state index in [0.29, 0.717) is 0 Å². The molecule has 0 aliphatic carbocycles. The molecule has 0 unspecified atom stereocenters. The molecule has 0 aliphatic rings. The molecule has 0 fully saturated rings. The van der Waals surface area contributed by atoms with Crippen molar-refractivity contribution in [1.29, 1.82) is 0 Å². The van der Waals surface area contributed by atoms with Gasteiger partial charge in [-0.2, -0.15) is 0 Å². The van der Waals surface area contributed by atoms with Crippen LogP contribution in [0.5, 0.6) is 0 Å². The van der Waals surface area contributed by atoms with Crippen molar-refractivity contribution < 1.29 is 9.47 Å². The van der Waals surface area contributed by atoms with Crippen molar-refractivity contribution in [3.8, 4) is 0 Å². The number of methoxy groups -OCH3 is 2. The molecular formula is C3H6Cl2O2. The van der Waals surface area contributed by atoms with Gasteiger partial charge in [0, 0.05) is 14.2 Å². The largest absolute Gasteiger partial charge is 0.331 e. The van der Waals surface area contributed by atoms with Gasteiger partial charge in [0.15, 0.2) is 0 Å². The van der Waals surface area contributed by atoms with Gasteiger partial charge in [-0.1, -0.05) is 0 Å². The molecule has 0 saturated heterocycles. The van der Waals surface area contributed by atoms with Crippen LogP contribution < -0.4 is 0 Å². The summed E-state index contributed by atoms with van der Waals surface area (Å²) in [5, 5.41) is 0. The van der Waals surface area contributed by atoms with E-state index >= 15 is 0 Å². The van der Waals surface area contributed by atoms with Gasteiger partial charge in [0.2, 0.25) is 0 Å². The van der Waals surface area contributed by atoms with E-state index in [9.17, 15) is 0 Å². The van der Waals surface area contributed by atoms with E-state index < -0.39 is 4.71 Å². The van der Waals surface area contributed by atoms with Crippen LogP contribution >= 0.6 is 23.2 Å². The summed E-state index contributed by atoms with van der Waals surface area (Å²) < 4.78 is 7.32. The van der Waals surface area contributed by atoms with Gasteiger partial charge in [0.25, 0.3) is 0 Å². The third-order valence-corrected chi connectivity index (χ3v) is 1.09. The standard InChI is InChI=1S/C3H6Cl2O2/c1-6-3(4,5)7-2/h1-2H3. The first-order chi connectivity index (χ1) is 3.12. The van der Waals surface area contributed by atoms with Gasteiger partial charge in [-0.3, -0.25) is 0 Å². The van der Waals surface area contributed by atoms with Crippen LogP contribution in [0.2, 0.25) is 0 Å². The lowest BCUT2D eigenvalue weighted by molar-refractivity contribution is -0.0766. The van der Waals surface area contributed by atoms with Crippen molar-refractivity contribution in [2.24, 2.45) is 0 Å². The smallest absolute Gasteiger partial charge is 0.328 e. The number of hydrogen-bond donors (Lipinski definition) is 0. The summed E-state index contributed by atoms with van der Waals surface area (Å²) in [6.45, 7) is 0. The maximum atomic E-state index is 5.23. The first kappa shape index (κ1) is 7.50. The quantitative estimate of drug-likeness (QED) is 0.431. The molecule has 0 atom stereocenters. The molecule has 0 spiro atoms. The van der Waals surface area contributed by atoms with Crippen LogP contribution in [0.3, 0.4) is 0 Å². The van der Waals surface area contributed by atoms with Crippen LogP contribution in [0.4, 0.5) is 0 Å². The maximum Gasteiger partial charge on any atom is 0.331 e. The predicted octanol–water partition coefficient (Wildman–Crippen LogP) is 1.37. The first-order valence-electron chi connectivity index (χ1n) is 1.60. The summed E-state index contributed by atoms with van der Waals surface area (Å²) in [4.78, 5) is 0. The molecule has 0 aliphatic heterocycles. The highest BCUT2D eigenvalue weighted by atomic mass is 35.5. The first-order valence-corrected chi connectivity index (χ1v) is 2.36. The zero-order chi connectivity index (χ0) is 5.91. The second-order valence-corrected chi connectivity index (χ2v) is 2.06. The van der Waals surface area contributed by atoms with E-state index in [4.69, 9.17) is 23.2 Å². The van der Waals surface area contributed by atoms with Crippen molar-refractivity contribution in [2.45, 2.75) is 4.71 Å². The summed E-state index contributed by atoms with van der Waals surface area (Å²) in [6, 6.07) is 0. The Kier molecular flexibility index (Phi) is 2.92. The summed E-state index contributed by atoms with van der Waals surface area (Å²) >= 11 is 10.5. The molecule has 0 rings (SSSR count). The molecule has 0 amide bonds. The molecule has 0 heterocycles. The Bertz CT molecular complexity index is 48.9. The molecule has 2 nitrogen and oxygen atoms in total. The number of ether oxygens (including phenoxy) is 2. The minimum atomic E-state index is -1.47. The topological polar surface area (TPSA) is 18.5 Å². The molecule has 0 aromatic heterocycles. The highest BCUT2D eigenvalue weighted by Crippen LogP contribution is 2.20. The highest BCUT2D eigenvalue weighted by molar-refractivity contribution is 6.45. The lowest BCUT2D eigenvalue weighted by atomic mass is 11.3.